The van der Waals surface area contributed by atoms with Gasteiger partial charge in [-0.2, -0.15) is 0 Å². The Hall–Kier alpha value is -2.22. The van der Waals surface area contributed by atoms with Gasteiger partial charge in [-0.3, -0.25) is 19.3 Å². The Bertz CT molecular complexity index is 518. The van der Waals surface area contributed by atoms with Crippen LogP contribution in [0.1, 0.15) is 40.0 Å². The van der Waals surface area contributed by atoms with Crippen LogP contribution in [0.25, 0.3) is 0 Å². The van der Waals surface area contributed by atoms with Gasteiger partial charge in [0.1, 0.15) is 18.2 Å². The van der Waals surface area contributed by atoms with Crippen LogP contribution in [0, 0.1) is 0 Å². The maximum atomic E-state index is 12.2. The van der Waals surface area contributed by atoms with E-state index in [-0.39, 0.29) is 0 Å². The highest BCUT2D eigenvalue weighted by Gasteiger charge is 2.29. The molecule has 0 bridgehead atoms. The molecule has 24 heavy (non-hydrogen) atoms. The van der Waals surface area contributed by atoms with E-state index in [0.29, 0.717) is 25.8 Å². The Morgan fingerprint density at radius 2 is 1.79 bits per heavy atom. The van der Waals surface area contributed by atoms with Crippen molar-refractivity contribution in [2.45, 2.75) is 51.7 Å². The summed E-state index contributed by atoms with van der Waals surface area (Å²) in [7, 11) is 0. The van der Waals surface area contributed by atoms with E-state index >= 15 is 0 Å². The second kappa shape index (κ2) is 8.58. The molecule has 0 saturated carbocycles. The van der Waals surface area contributed by atoms with Gasteiger partial charge in [0.05, 0.1) is 0 Å². The second-order valence-electron chi connectivity index (χ2n) is 6.53. The lowest BCUT2D eigenvalue weighted by atomic mass is 10.1. The van der Waals surface area contributed by atoms with E-state index in [2.05, 4.69) is 5.32 Å². The molecule has 3 N–H and O–H groups in total. The van der Waals surface area contributed by atoms with Gasteiger partial charge < -0.3 is 15.8 Å². The number of imide groups is 1. The first-order valence-electron chi connectivity index (χ1n) is 7.90. The number of unbranched alkanes of at least 4 members (excludes halogenated alkanes) is 1. The number of hydrogen-bond acceptors (Lipinski definition) is 6. The molecule has 1 rings (SSSR count). The Morgan fingerprint density at radius 1 is 1.21 bits per heavy atom. The van der Waals surface area contributed by atoms with Gasteiger partial charge in [0, 0.05) is 12.2 Å². The summed E-state index contributed by atoms with van der Waals surface area (Å²) in [5.74, 6) is -2.24. The van der Waals surface area contributed by atoms with Crippen molar-refractivity contribution in [3.63, 3.8) is 0 Å². The van der Waals surface area contributed by atoms with Crippen LogP contribution in [0.4, 0.5) is 0 Å². The van der Waals surface area contributed by atoms with E-state index in [0.717, 1.165) is 17.1 Å². The molecule has 0 aromatic heterocycles. The van der Waals surface area contributed by atoms with Gasteiger partial charge >= 0.3 is 5.97 Å². The lowest BCUT2D eigenvalue weighted by Gasteiger charge is -2.25. The number of carbonyl (C=O) groups is 4. The van der Waals surface area contributed by atoms with Crippen molar-refractivity contribution in [1.82, 2.24) is 10.2 Å². The molecule has 8 nitrogen and oxygen atoms in total. The average molecular weight is 339 g/mol. The van der Waals surface area contributed by atoms with E-state index in [1.54, 1.807) is 20.8 Å². The highest BCUT2D eigenvalue weighted by atomic mass is 16.6. The zero-order valence-corrected chi connectivity index (χ0v) is 14.3. The third kappa shape index (κ3) is 6.49. The molecular formula is C16H25N3O5. The summed E-state index contributed by atoms with van der Waals surface area (Å²) in [5.41, 5.74) is 4.76. The predicted molar refractivity (Wildman–Crippen MR) is 86.5 cm³/mol. The van der Waals surface area contributed by atoms with Crippen molar-refractivity contribution >= 4 is 23.7 Å². The van der Waals surface area contributed by atoms with Gasteiger partial charge in [-0.25, -0.2) is 4.79 Å². The fourth-order valence-corrected chi connectivity index (χ4v) is 2.09. The second-order valence-corrected chi connectivity index (χ2v) is 6.53. The maximum Gasteiger partial charge on any atom is 0.329 e. The first-order chi connectivity index (χ1) is 11.1. The van der Waals surface area contributed by atoms with Crippen molar-refractivity contribution < 1.29 is 23.9 Å². The van der Waals surface area contributed by atoms with Crippen molar-refractivity contribution in [3.05, 3.63) is 12.2 Å². The average Bonchev–Trinajstić information content (AvgIpc) is 2.76. The van der Waals surface area contributed by atoms with Gasteiger partial charge in [0.25, 0.3) is 11.8 Å². The van der Waals surface area contributed by atoms with Crippen molar-refractivity contribution in [2.24, 2.45) is 5.73 Å². The number of nitrogens with two attached hydrogens (primary N) is 1. The highest BCUT2D eigenvalue weighted by molar-refractivity contribution is 6.14. The van der Waals surface area contributed by atoms with Crippen LogP contribution in [-0.2, 0) is 23.9 Å². The van der Waals surface area contributed by atoms with Gasteiger partial charge in [-0.15, -0.1) is 0 Å². The van der Waals surface area contributed by atoms with Crippen LogP contribution in [-0.4, -0.2) is 53.3 Å². The molecular weight excluding hydrogens is 314 g/mol. The lowest BCUT2D eigenvalue weighted by Crippen LogP contribution is -2.48. The molecule has 8 heteroatoms. The predicted octanol–water partition coefficient (Wildman–Crippen LogP) is -0.133. The zero-order chi connectivity index (χ0) is 18.3. The van der Waals surface area contributed by atoms with Gasteiger partial charge in [0.15, 0.2) is 0 Å². The van der Waals surface area contributed by atoms with Crippen LogP contribution >= 0.6 is 0 Å². The Kier molecular flexibility index (Phi) is 7.09. The molecule has 0 aliphatic carbocycles. The molecule has 0 saturated heterocycles. The molecule has 0 fully saturated rings. The fourth-order valence-electron chi connectivity index (χ4n) is 2.09. The Labute approximate surface area is 141 Å². The summed E-state index contributed by atoms with van der Waals surface area (Å²) < 4.78 is 5.30. The first-order valence-corrected chi connectivity index (χ1v) is 7.90. The first kappa shape index (κ1) is 19.8. The highest BCUT2D eigenvalue weighted by Crippen LogP contribution is 2.12. The smallest absolute Gasteiger partial charge is 0.329 e. The number of nitrogens with one attached hydrogen (secondary N) is 1. The van der Waals surface area contributed by atoms with Gasteiger partial charge in [-0.05, 0) is 46.6 Å². The van der Waals surface area contributed by atoms with E-state index in [4.69, 9.17) is 10.5 Å². The minimum Gasteiger partial charge on any atom is -0.458 e. The summed E-state index contributed by atoms with van der Waals surface area (Å²) in [5, 5.41) is 2.54. The van der Waals surface area contributed by atoms with Crippen LogP contribution in [0.5, 0.6) is 0 Å². The van der Waals surface area contributed by atoms with Crippen molar-refractivity contribution in [3.8, 4) is 0 Å². The van der Waals surface area contributed by atoms with E-state index < -0.39 is 41.9 Å². The quantitative estimate of drug-likeness (QED) is 0.361. The minimum absolute atomic E-state index is 0.373. The number of hydrogen-bond donors (Lipinski definition) is 2. The summed E-state index contributed by atoms with van der Waals surface area (Å²) in [6.07, 6.45) is 3.93. The lowest BCUT2D eigenvalue weighted by molar-refractivity contribution is -0.159. The molecule has 0 aromatic carbocycles. The van der Waals surface area contributed by atoms with Crippen molar-refractivity contribution in [1.29, 1.82) is 0 Å². The van der Waals surface area contributed by atoms with E-state index in [9.17, 15) is 19.2 Å². The molecule has 134 valence electrons. The fraction of sp³-hybridized carbons (Fsp3) is 0.625. The largest absolute Gasteiger partial charge is 0.458 e. The monoisotopic (exact) mass is 339 g/mol. The molecule has 0 spiro atoms. The standard InChI is InChI=1S/C16H25N3O5/c1-16(2,3)24-15(23)11(6-4-5-9-17)18-12(20)10-19-13(21)7-8-14(19)22/h7-8,11H,4-6,9-10,17H2,1-3H3,(H,18,20). The maximum absolute atomic E-state index is 12.2. The summed E-state index contributed by atoms with van der Waals surface area (Å²) in [6, 6.07) is -0.843. The molecule has 0 aromatic rings. The molecule has 0 radical (unpaired) electrons. The number of esters is 1. The number of carbonyl (C=O) groups excluding carboxylic acids is 4. The number of amides is 3. The summed E-state index contributed by atoms with van der Waals surface area (Å²) in [4.78, 5) is 48.1. The van der Waals surface area contributed by atoms with Crippen molar-refractivity contribution in [2.75, 3.05) is 13.1 Å². The molecule has 1 aliphatic rings. The minimum atomic E-state index is -0.843. The Balaban J connectivity index is 2.65. The number of rotatable bonds is 8. The topological polar surface area (TPSA) is 119 Å². The summed E-state index contributed by atoms with van der Waals surface area (Å²) in [6.45, 7) is 5.25. The third-order valence-electron chi connectivity index (χ3n) is 3.18. The number of ether oxygens (including phenoxy) is 1. The Morgan fingerprint density at radius 3 is 2.29 bits per heavy atom. The van der Waals surface area contributed by atoms with Gasteiger partial charge in [0.2, 0.25) is 5.91 Å². The molecule has 1 unspecified atom stereocenters. The van der Waals surface area contributed by atoms with Crippen LogP contribution in [0.2, 0.25) is 0 Å². The number of nitrogens with zero attached hydrogens (tertiary/aromatic N) is 1. The van der Waals surface area contributed by atoms with Crippen LogP contribution in [0.3, 0.4) is 0 Å². The van der Waals surface area contributed by atoms with E-state index in [1.165, 1.54) is 0 Å². The third-order valence-corrected chi connectivity index (χ3v) is 3.18. The normalized spacial score (nSPS) is 15.6. The summed E-state index contributed by atoms with van der Waals surface area (Å²) >= 11 is 0. The molecule has 1 heterocycles. The molecule has 1 atom stereocenters. The van der Waals surface area contributed by atoms with Gasteiger partial charge in [-0.1, -0.05) is 0 Å². The van der Waals surface area contributed by atoms with Crippen LogP contribution in [0.15, 0.2) is 12.2 Å². The van der Waals surface area contributed by atoms with Crippen LogP contribution < -0.4 is 11.1 Å². The van der Waals surface area contributed by atoms with E-state index in [1.807, 2.05) is 0 Å². The molecule has 3 amide bonds. The molecule has 1 aliphatic heterocycles. The zero-order valence-electron chi connectivity index (χ0n) is 14.3. The SMILES string of the molecule is CC(C)(C)OC(=O)C(CCCCN)NC(=O)CN1C(=O)C=CC1=O.